The van der Waals surface area contributed by atoms with Crippen molar-refractivity contribution in [2.75, 3.05) is 38.0 Å². The Morgan fingerprint density at radius 1 is 0.976 bits per heavy atom. The molecular weight excluding hydrogens is 536 g/mol. The quantitative estimate of drug-likeness (QED) is 0.464. The van der Waals surface area contributed by atoms with Crippen molar-refractivity contribution < 1.29 is 23.6 Å². The summed E-state index contributed by atoms with van der Waals surface area (Å²) < 4.78 is 11.0. The van der Waals surface area contributed by atoms with Crippen LogP contribution in [0.4, 0.5) is 10.5 Å². The summed E-state index contributed by atoms with van der Waals surface area (Å²) >= 11 is 0. The van der Waals surface area contributed by atoms with E-state index in [4.69, 9.17) is 9.26 Å². The van der Waals surface area contributed by atoms with Crippen LogP contribution in [0.1, 0.15) is 49.8 Å². The Labute approximate surface area is 245 Å². The number of fused-ring (bicyclic) bond motifs is 1. The highest BCUT2D eigenvalue weighted by Crippen LogP contribution is 2.24. The molecule has 222 valence electrons. The standard InChI is InChI=1S/C31H38N6O5/c1-21-8-5-6-10-25(21)27-33-26(42-34-27)20-35-14-16-36(17-15-35)29(39)28(38)32-24-12-11-22-9-7-13-37(19-23(22)18-24)30(40)41-31(2,3)4/h5-6,8,10-12,18H,7,9,13-17,19-20H2,1-4H3,(H,32,38). The second-order valence-electron chi connectivity index (χ2n) is 11.8. The summed E-state index contributed by atoms with van der Waals surface area (Å²) in [7, 11) is 0. The Bertz CT molecular complexity index is 1450. The summed E-state index contributed by atoms with van der Waals surface area (Å²) in [4.78, 5) is 48.4. The van der Waals surface area contributed by atoms with Crippen LogP contribution < -0.4 is 5.32 Å². The predicted molar refractivity (Wildman–Crippen MR) is 156 cm³/mol. The van der Waals surface area contributed by atoms with Gasteiger partial charge in [0.2, 0.25) is 11.7 Å². The van der Waals surface area contributed by atoms with E-state index in [1.807, 2.05) is 64.1 Å². The third kappa shape index (κ3) is 7.14. The normalized spacial score (nSPS) is 16.0. The monoisotopic (exact) mass is 574 g/mol. The molecule has 2 aliphatic heterocycles. The van der Waals surface area contributed by atoms with Crippen molar-refractivity contribution in [3.05, 3.63) is 65.0 Å². The highest BCUT2D eigenvalue weighted by molar-refractivity contribution is 6.39. The fourth-order valence-corrected chi connectivity index (χ4v) is 5.20. The first kappa shape index (κ1) is 29.2. The Balaban J connectivity index is 1.13. The summed E-state index contributed by atoms with van der Waals surface area (Å²) in [6, 6.07) is 13.5. The highest BCUT2D eigenvalue weighted by Gasteiger charge is 2.28. The Morgan fingerprint density at radius 3 is 2.48 bits per heavy atom. The molecule has 2 aliphatic rings. The Hall–Kier alpha value is -4.25. The van der Waals surface area contributed by atoms with Gasteiger partial charge < -0.3 is 24.4 Å². The molecule has 3 amide bonds. The lowest BCUT2D eigenvalue weighted by molar-refractivity contribution is -0.144. The van der Waals surface area contributed by atoms with Gasteiger partial charge in [0.15, 0.2) is 0 Å². The van der Waals surface area contributed by atoms with Gasteiger partial charge in [0.1, 0.15) is 5.60 Å². The van der Waals surface area contributed by atoms with Crippen LogP contribution in [0, 0.1) is 6.92 Å². The molecule has 1 fully saturated rings. The van der Waals surface area contributed by atoms with Gasteiger partial charge in [-0.15, -0.1) is 0 Å². The molecule has 0 radical (unpaired) electrons. The second kappa shape index (κ2) is 12.3. The number of benzene rings is 2. The van der Waals surface area contributed by atoms with E-state index in [-0.39, 0.29) is 6.09 Å². The van der Waals surface area contributed by atoms with E-state index in [2.05, 4.69) is 20.4 Å². The lowest BCUT2D eigenvalue weighted by Gasteiger charge is -2.33. The molecule has 0 saturated carbocycles. The third-order valence-electron chi connectivity index (χ3n) is 7.42. The molecule has 0 atom stereocenters. The van der Waals surface area contributed by atoms with Crippen LogP contribution in [-0.2, 0) is 33.8 Å². The number of piperazine rings is 1. The van der Waals surface area contributed by atoms with Crippen LogP contribution in [0.2, 0.25) is 0 Å². The minimum atomic E-state index is -0.680. The average molecular weight is 575 g/mol. The van der Waals surface area contributed by atoms with Crippen LogP contribution in [0.5, 0.6) is 0 Å². The first-order valence-electron chi connectivity index (χ1n) is 14.4. The van der Waals surface area contributed by atoms with Crippen LogP contribution in [0.25, 0.3) is 11.4 Å². The number of hydrogen-bond acceptors (Lipinski definition) is 8. The number of nitrogens with one attached hydrogen (secondary N) is 1. The van der Waals surface area contributed by atoms with Gasteiger partial charge in [0, 0.05) is 50.5 Å². The van der Waals surface area contributed by atoms with Gasteiger partial charge in [-0.3, -0.25) is 14.5 Å². The van der Waals surface area contributed by atoms with Gasteiger partial charge >= 0.3 is 17.9 Å². The van der Waals surface area contributed by atoms with Crippen molar-refractivity contribution in [2.24, 2.45) is 0 Å². The van der Waals surface area contributed by atoms with Crippen molar-refractivity contribution in [2.45, 2.75) is 59.2 Å². The fourth-order valence-electron chi connectivity index (χ4n) is 5.20. The van der Waals surface area contributed by atoms with E-state index in [9.17, 15) is 14.4 Å². The van der Waals surface area contributed by atoms with E-state index in [1.54, 1.807) is 15.9 Å². The van der Waals surface area contributed by atoms with Crippen molar-refractivity contribution in [1.29, 1.82) is 0 Å². The number of carbonyl (C=O) groups is 3. The van der Waals surface area contributed by atoms with Gasteiger partial charge in [-0.2, -0.15) is 4.98 Å². The van der Waals surface area contributed by atoms with Gasteiger partial charge in [-0.05, 0) is 69.4 Å². The van der Waals surface area contributed by atoms with E-state index in [1.165, 1.54) is 0 Å². The number of anilines is 1. The minimum absolute atomic E-state index is 0.357. The molecule has 0 spiro atoms. The van der Waals surface area contributed by atoms with E-state index < -0.39 is 17.4 Å². The number of amides is 3. The number of ether oxygens (including phenoxy) is 1. The van der Waals surface area contributed by atoms with Crippen molar-refractivity contribution in [3.8, 4) is 11.4 Å². The number of rotatable bonds is 4. The van der Waals surface area contributed by atoms with Gasteiger partial charge in [0.05, 0.1) is 6.54 Å². The minimum Gasteiger partial charge on any atom is -0.444 e. The molecule has 0 unspecified atom stereocenters. The van der Waals surface area contributed by atoms with Gasteiger partial charge in [0.25, 0.3) is 0 Å². The zero-order valence-electron chi connectivity index (χ0n) is 24.7. The van der Waals surface area contributed by atoms with Crippen LogP contribution in [0.3, 0.4) is 0 Å². The van der Waals surface area contributed by atoms with Crippen molar-refractivity contribution in [3.63, 3.8) is 0 Å². The Kier molecular flexibility index (Phi) is 8.58. The van der Waals surface area contributed by atoms with Crippen molar-refractivity contribution >= 4 is 23.6 Å². The molecule has 2 aromatic carbocycles. The topological polar surface area (TPSA) is 121 Å². The molecule has 0 bridgehead atoms. The molecule has 5 rings (SSSR count). The summed E-state index contributed by atoms with van der Waals surface area (Å²) in [5.74, 6) is -0.177. The number of aromatic nitrogens is 2. The molecule has 3 heterocycles. The maximum absolute atomic E-state index is 13.0. The van der Waals surface area contributed by atoms with E-state index >= 15 is 0 Å². The molecule has 42 heavy (non-hydrogen) atoms. The number of carbonyl (C=O) groups excluding carboxylic acids is 3. The zero-order valence-corrected chi connectivity index (χ0v) is 24.7. The van der Waals surface area contributed by atoms with Gasteiger partial charge in [-0.1, -0.05) is 35.5 Å². The average Bonchev–Trinajstić information content (AvgIpc) is 3.29. The molecule has 0 aliphatic carbocycles. The lowest BCUT2D eigenvalue weighted by atomic mass is 10.0. The maximum Gasteiger partial charge on any atom is 0.410 e. The number of nitrogens with zero attached hydrogens (tertiary/aromatic N) is 5. The molecule has 1 saturated heterocycles. The third-order valence-corrected chi connectivity index (χ3v) is 7.42. The zero-order chi connectivity index (χ0) is 29.9. The predicted octanol–water partition coefficient (Wildman–Crippen LogP) is 4.01. The number of hydrogen-bond donors (Lipinski definition) is 1. The van der Waals surface area contributed by atoms with Crippen molar-refractivity contribution in [1.82, 2.24) is 24.8 Å². The molecule has 11 heteroatoms. The molecule has 1 aromatic heterocycles. The molecule has 3 aromatic rings. The largest absolute Gasteiger partial charge is 0.444 e. The van der Waals surface area contributed by atoms with Gasteiger partial charge in [-0.25, -0.2) is 4.79 Å². The first-order valence-corrected chi connectivity index (χ1v) is 14.4. The van der Waals surface area contributed by atoms with Crippen LogP contribution in [-0.4, -0.2) is 81.1 Å². The smallest absolute Gasteiger partial charge is 0.410 e. The lowest BCUT2D eigenvalue weighted by Crippen LogP contribution is -2.51. The molecule has 1 N–H and O–H groups in total. The van der Waals surface area contributed by atoms with E-state index in [0.717, 1.165) is 35.1 Å². The highest BCUT2D eigenvalue weighted by atomic mass is 16.6. The second-order valence-corrected chi connectivity index (χ2v) is 11.8. The van der Waals surface area contributed by atoms with E-state index in [0.29, 0.717) is 63.2 Å². The molecular formula is C31H38N6O5. The summed E-state index contributed by atoms with van der Waals surface area (Å²) in [5, 5.41) is 6.88. The fraction of sp³-hybridized carbons (Fsp3) is 0.452. The maximum atomic E-state index is 13.0. The van der Waals surface area contributed by atoms with Crippen LogP contribution in [0.15, 0.2) is 47.0 Å². The summed E-state index contributed by atoms with van der Waals surface area (Å²) in [6.07, 6.45) is 1.29. The summed E-state index contributed by atoms with van der Waals surface area (Å²) in [5.41, 5.74) is 4.01. The first-order chi connectivity index (χ1) is 20.1. The number of aryl methyl sites for hydroxylation is 2. The van der Waals surface area contributed by atoms with Crippen LogP contribution >= 0.6 is 0 Å². The molecule has 11 nitrogen and oxygen atoms in total. The SMILES string of the molecule is Cc1ccccc1-c1noc(CN2CCN(C(=O)C(=O)Nc3ccc4c(c3)CN(C(=O)OC(C)(C)C)CCC4)CC2)n1. The summed E-state index contributed by atoms with van der Waals surface area (Å²) in [6.45, 7) is 11.0. The Morgan fingerprint density at radius 2 is 1.74 bits per heavy atom.